The molecule has 2 rings (SSSR count). The molecule has 2 aromatic rings. The van der Waals surface area contributed by atoms with Gasteiger partial charge in [0.2, 0.25) is 0 Å². The predicted octanol–water partition coefficient (Wildman–Crippen LogP) is 2.76. The molecule has 0 spiro atoms. The van der Waals surface area contributed by atoms with Gasteiger partial charge in [0.15, 0.2) is 5.16 Å². The number of hydrogen-bond acceptors (Lipinski definition) is 4. The highest BCUT2D eigenvalue weighted by Gasteiger charge is 2.04. The first-order valence-electron chi connectivity index (χ1n) is 4.60. The van der Waals surface area contributed by atoms with E-state index in [-0.39, 0.29) is 0 Å². The smallest absolute Gasteiger partial charge is 0.183 e. The number of thioether (sulfide) groups is 1. The minimum Gasteiger partial charge on any atom is -0.497 e. The Kier molecular flexibility index (Phi) is 3.69. The third kappa shape index (κ3) is 2.68. The Labute approximate surface area is 102 Å². The number of nitrogens with one attached hydrogen (secondary N) is 1. The quantitative estimate of drug-likeness (QED) is 0.854. The first-order valence-corrected chi connectivity index (χ1v) is 5.96. The molecule has 1 N–H and O–H groups in total. The molecule has 0 atom stereocenters. The second-order valence-electron chi connectivity index (χ2n) is 3.04. The van der Waals surface area contributed by atoms with Crippen molar-refractivity contribution in [2.75, 3.05) is 7.11 Å². The second kappa shape index (κ2) is 5.23. The van der Waals surface area contributed by atoms with Gasteiger partial charge in [0.05, 0.1) is 7.11 Å². The zero-order valence-electron chi connectivity index (χ0n) is 8.61. The van der Waals surface area contributed by atoms with E-state index in [9.17, 15) is 0 Å². The molecular weight excluding hydrogens is 246 g/mol. The van der Waals surface area contributed by atoms with Crippen LogP contribution in [-0.2, 0) is 5.75 Å². The van der Waals surface area contributed by atoms with E-state index in [1.807, 2.05) is 12.1 Å². The van der Waals surface area contributed by atoms with E-state index in [0.29, 0.717) is 5.02 Å². The highest BCUT2D eigenvalue weighted by molar-refractivity contribution is 7.98. The molecule has 0 aliphatic carbocycles. The van der Waals surface area contributed by atoms with Gasteiger partial charge in [0.1, 0.15) is 12.1 Å². The maximum atomic E-state index is 6.11. The van der Waals surface area contributed by atoms with Gasteiger partial charge in [-0.2, -0.15) is 5.10 Å². The van der Waals surface area contributed by atoms with Crippen molar-refractivity contribution in [1.29, 1.82) is 0 Å². The Morgan fingerprint density at radius 3 is 3.00 bits per heavy atom. The van der Waals surface area contributed by atoms with Gasteiger partial charge in [-0.15, -0.1) is 0 Å². The Hall–Kier alpha value is -1.20. The summed E-state index contributed by atoms with van der Waals surface area (Å²) < 4.78 is 5.08. The van der Waals surface area contributed by atoms with Gasteiger partial charge in [-0.05, 0) is 17.7 Å². The molecule has 0 unspecified atom stereocenters. The van der Waals surface area contributed by atoms with Crippen molar-refractivity contribution in [2.24, 2.45) is 0 Å². The number of nitrogens with zero attached hydrogens (tertiary/aromatic N) is 2. The van der Waals surface area contributed by atoms with Gasteiger partial charge in [-0.3, -0.25) is 5.10 Å². The van der Waals surface area contributed by atoms with E-state index < -0.39 is 0 Å². The summed E-state index contributed by atoms with van der Waals surface area (Å²) in [6.45, 7) is 0. The SMILES string of the molecule is COc1ccc(CSc2ncn[nH]2)c(Cl)c1. The van der Waals surface area contributed by atoms with E-state index in [1.165, 1.54) is 6.33 Å². The Morgan fingerprint density at radius 1 is 1.50 bits per heavy atom. The molecule has 1 heterocycles. The van der Waals surface area contributed by atoms with Crippen molar-refractivity contribution in [3.8, 4) is 5.75 Å². The van der Waals surface area contributed by atoms with Crippen molar-refractivity contribution < 1.29 is 4.74 Å². The number of hydrogen-bond donors (Lipinski definition) is 1. The Balaban J connectivity index is 2.04. The lowest BCUT2D eigenvalue weighted by atomic mass is 10.2. The lowest BCUT2D eigenvalue weighted by molar-refractivity contribution is 0.414. The van der Waals surface area contributed by atoms with E-state index in [4.69, 9.17) is 16.3 Å². The molecule has 1 aromatic heterocycles. The minimum atomic E-state index is 0.700. The van der Waals surface area contributed by atoms with Gasteiger partial charge in [0.25, 0.3) is 0 Å². The molecule has 6 heteroatoms. The van der Waals surface area contributed by atoms with Crippen LogP contribution < -0.4 is 4.74 Å². The molecule has 0 amide bonds. The topological polar surface area (TPSA) is 50.8 Å². The second-order valence-corrected chi connectivity index (χ2v) is 4.41. The van der Waals surface area contributed by atoms with Crippen LogP contribution in [0.3, 0.4) is 0 Å². The highest BCUT2D eigenvalue weighted by Crippen LogP contribution is 2.27. The van der Waals surface area contributed by atoms with Crippen LogP contribution in [0, 0.1) is 0 Å². The number of rotatable bonds is 4. The number of ether oxygens (including phenoxy) is 1. The normalized spacial score (nSPS) is 10.4. The molecule has 0 saturated carbocycles. The van der Waals surface area contributed by atoms with Gasteiger partial charge in [0, 0.05) is 10.8 Å². The van der Waals surface area contributed by atoms with Crippen molar-refractivity contribution >= 4 is 23.4 Å². The lowest BCUT2D eigenvalue weighted by Crippen LogP contribution is -1.87. The lowest BCUT2D eigenvalue weighted by Gasteiger charge is -2.05. The number of halogens is 1. The van der Waals surface area contributed by atoms with Crippen LogP contribution in [0.15, 0.2) is 29.7 Å². The summed E-state index contributed by atoms with van der Waals surface area (Å²) in [5, 5.41) is 8.04. The molecule has 84 valence electrons. The van der Waals surface area contributed by atoms with Crippen LogP contribution in [0.5, 0.6) is 5.75 Å². The average Bonchev–Trinajstić information content (AvgIpc) is 2.80. The summed E-state index contributed by atoms with van der Waals surface area (Å²) in [5.74, 6) is 1.51. The fourth-order valence-electron chi connectivity index (χ4n) is 1.18. The van der Waals surface area contributed by atoms with Crippen LogP contribution in [0.4, 0.5) is 0 Å². The zero-order valence-corrected chi connectivity index (χ0v) is 10.2. The summed E-state index contributed by atoms with van der Waals surface area (Å²) in [7, 11) is 1.62. The molecule has 0 saturated heterocycles. The van der Waals surface area contributed by atoms with E-state index >= 15 is 0 Å². The van der Waals surface area contributed by atoms with Gasteiger partial charge < -0.3 is 4.74 Å². The number of aromatic amines is 1. The Morgan fingerprint density at radius 2 is 2.38 bits per heavy atom. The van der Waals surface area contributed by atoms with E-state index in [1.54, 1.807) is 24.9 Å². The summed E-state index contributed by atoms with van der Waals surface area (Å²) in [5.41, 5.74) is 1.05. The molecule has 0 radical (unpaired) electrons. The van der Waals surface area contributed by atoms with Crippen LogP contribution >= 0.6 is 23.4 Å². The maximum absolute atomic E-state index is 6.11. The number of H-pyrrole nitrogens is 1. The van der Waals surface area contributed by atoms with E-state index in [2.05, 4.69) is 15.2 Å². The fourth-order valence-corrected chi connectivity index (χ4v) is 2.28. The van der Waals surface area contributed by atoms with Gasteiger partial charge in [-0.1, -0.05) is 29.4 Å². The van der Waals surface area contributed by atoms with Crippen molar-refractivity contribution in [3.63, 3.8) is 0 Å². The molecule has 0 aliphatic heterocycles. The van der Waals surface area contributed by atoms with Crippen LogP contribution in [0.2, 0.25) is 5.02 Å². The largest absolute Gasteiger partial charge is 0.497 e. The van der Waals surface area contributed by atoms with Crippen LogP contribution in [0.1, 0.15) is 5.56 Å². The van der Waals surface area contributed by atoms with Crippen LogP contribution in [0.25, 0.3) is 0 Å². The van der Waals surface area contributed by atoms with E-state index in [0.717, 1.165) is 22.2 Å². The zero-order chi connectivity index (χ0) is 11.4. The monoisotopic (exact) mass is 255 g/mol. The predicted molar refractivity (Wildman–Crippen MR) is 63.9 cm³/mol. The standard InChI is InChI=1S/C10H10ClN3OS/c1-15-8-3-2-7(9(11)4-8)5-16-10-12-6-13-14-10/h2-4,6H,5H2,1H3,(H,12,13,14). The molecule has 16 heavy (non-hydrogen) atoms. The maximum Gasteiger partial charge on any atom is 0.183 e. The first kappa shape index (κ1) is 11.3. The third-order valence-corrected chi connectivity index (χ3v) is 3.29. The summed E-state index contributed by atoms with van der Waals surface area (Å²) >= 11 is 7.66. The molecule has 4 nitrogen and oxygen atoms in total. The van der Waals surface area contributed by atoms with Crippen molar-refractivity contribution in [3.05, 3.63) is 35.1 Å². The van der Waals surface area contributed by atoms with Crippen LogP contribution in [-0.4, -0.2) is 22.3 Å². The third-order valence-electron chi connectivity index (χ3n) is 2.02. The number of benzene rings is 1. The van der Waals surface area contributed by atoms with Crippen molar-refractivity contribution in [1.82, 2.24) is 15.2 Å². The fraction of sp³-hybridized carbons (Fsp3) is 0.200. The average molecular weight is 256 g/mol. The van der Waals surface area contributed by atoms with Gasteiger partial charge in [-0.25, -0.2) is 4.98 Å². The number of methoxy groups -OCH3 is 1. The summed E-state index contributed by atoms with van der Waals surface area (Å²) in [6, 6.07) is 5.64. The Bertz CT molecular complexity index is 461. The minimum absolute atomic E-state index is 0.700. The molecule has 0 aliphatic rings. The molecule has 1 aromatic carbocycles. The molecular formula is C10H10ClN3OS. The number of aromatic nitrogens is 3. The van der Waals surface area contributed by atoms with Gasteiger partial charge >= 0.3 is 0 Å². The summed E-state index contributed by atoms with van der Waals surface area (Å²) in [4.78, 5) is 4.02. The molecule has 0 bridgehead atoms. The summed E-state index contributed by atoms with van der Waals surface area (Å²) in [6.07, 6.45) is 1.48. The van der Waals surface area contributed by atoms with Crippen molar-refractivity contribution in [2.45, 2.75) is 10.9 Å². The molecule has 0 fully saturated rings. The first-order chi connectivity index (χ1) is 7.79. The highest BCUT2D eigenvalue weighted by atomic mass is 35.5.